The maximum Gasteiger partial charge on any atom is 0.149 e. The second-order valence-corrected chi connectivity index (χ2v) is 3.99. The first-order chi connectivity index (χ1) is 8.11. The Hall–Kier alpha value is -1.78. The van der Waals surface area contributed by atoms with Crippen molar-refractivity contribution in [3.63, 3.8) is 0 Å². The van der Waals surface area contributed by atoms with Crippen LogP contribution in [0.4, 0.5) is 8.78 Å². The molecule has 90 valence electrons. The molecular formula is C12H13F2N3. The van der Waals surface area contributed by atoms with Gasteiger partial charge in [0.15, 0.2) is 0 Å². The average molecular weight is 237 g/mol. The van der Waals surface area contributed by atoms with Crippen LogP contribution in [0.2, 0.25) is 0 Å². The largest absolute Gasteiger partial charge is 0.217 e. The predicted molar refractivity (Wildman–Crippen MR) is 60.0 cm³/mol. The Balaban J connectivity index is 2.40. The predicted octanol–water partition coefficient (Wildman–Crippen LogP) is 3.06. The van der Waals surface area contributed by atoms with Gasteiger partial charge in [-0.1, -0.05) is 19.1 Å². The van der Waals surface area contributed by atoms with E-state index in [1.807, 2.05) is 13.8 Å². The third kappa shape index (κ3) is 2.33. The minimum absolute atomic E-state index is 0.0760. The van der Waals surface area contributed by atoms with Gasteiger partial charge in [-0.3, -0.25) is 0 Å². The number of halogens is 2. The molecule has 0 bridgehead atoms. The lowest BCUT2D eigenvalue weighted by molar-refractivity contribution is 0.584. The molecular weight excluding hydrogens is 224 g/mol. The van der Waals surface area contributed by atoms with Gasteiger partial charge in [0.05, 0.1) is 11.9 Å². The van der Waals surface area contributed by atoms with Crippen LogP contribution < -0.4 is 0 Å². The normalized spacial score (nSPS) is 12.7. The smallest absolute Gasteiger partial charge is 0.149 e. The van der Waals surface area contributed by atoms with E-state index < -0.39 is 11.6 Å². The summed E-state index contributed by atoms with van der Waals surface area (Å²) in [5.41, 5.74) is 0.850. The molecule has 0 fully saturated rings. The van der Waals surface area contributed by atoms with Gasteiger partial charge in [0, 0.05) is 12.0 Å². The Morgan fingerprint density at radius 2 is 2.12 bits per heavy atom. The summed E-state index contributed by atoms with van der Waals surface area (Å²) in [5, 5.41) is 7.78. The first-order valence-corrected chi connectivity index (χ1v) is 5.49. The molecule has 1 aromatic carbocycles. The first kappa shape index (κ1) is 11.7. The van der Waals surface area contributed by atoms with Crippen LogP contribution in [0, 0.1) is 11.6 Å². The molecule has 2 aromatic rings. The van der Waals surface area contributed by atoms with Gasteiger partial charge in [-0.15, -0.1) is 5.10 Å². The minimum atomic E-state index is -0.521. The molecule has 0 aliphatic rings. The van der Waals surface area contributed by atoms with E-state index in [4.69, 9.17) is 0 Å². The molecule has 17 heavy (non-hydrogen) atoms. The van der Waals surface area contributed by atoms with Crippen molar-refractivity contribution in [1.82, 2.24) is 15.0 Å². The van der Waals surface area contributed by atoms with Crippen molar-refractivity contribution in [3.05, 3.63) is 41.7 Å². The van der Waals surface area contributed by atoms with Gasteiger partial charge in [0.2, 0.25) is 0 Å². The number of hydrogen-bond acceptors (Lipinski definition) is 2. The summed E-state index contributed by atoms with van der Waals surface area (Å²) in [6.45, 7) is 4.04. The quantitative estimate of drug-likeness (QED) is 0.821. The van der Waals surface area contributed by atoms with Crippen LogP contribution in [0.3, 0.4) is 0 Å². The Kier molecular flexibility index (Phi) is 3.17. The van der Waals surface area contributed by atoms with E-state index in [1.165, 1.54) is 4.68 Å². The number of aromatic nitrogens is 3. The molecule has 3 nitrogen and oxygen atoms in total. The molecule has 0 aliphatic heterocycles. The maximum absolute atomic E-state index is 13.5. The van der Waals surface area contributed by atoms with E-state index in [2.05, 4.69) is 10.3 Å². The van der Waals surface area contributed by atoms with Crippen LogP contribution in [0.1, 0.15) is 31.9 Å². The Morgan fingerprint density at radius 1 is 1.35 bits per heavy atom. The summed E-state index contributed by atoms with van der Waals surface area (Å²) in [4.78, 5) is 0. The van der Waals surface area contributed by atoms with Crippen molar-refractivity contribution in [1.29, 1.82) is 0 Å². The van der Waals surface area contributed by atoms with Crippen LogP contribution in [-0.4, -0.2) is 15.0 Å². The van der Waals surface area contributed by atoms with Crippen LogP contribution in [-0.2, 0) is 0 Å². The zero-order valence-electron chi connectivity index (χ0n) is 9.69. The molecule has 1 heterocycles. The average Bonchev–Trinajstić information content (AvgIpc) is 2.80. The highest BCUT2D eigenvalue weighted by Gasteiger charge is 2.12. The number of hydrogen-bond donors (Lipinski definition) is 0. The highest BCUT2D eigenvalue weighted by molar-refractivity contribution is 5.33. The van der Waals surface area contributed by atoms with Gasteiger partial charge in [-0.05, 0) is 18.6 Å². The SMILES string of the molecule is CC[C@@H](C)c1cn(-c2cc(F)ccc2F)nn1. The van der Waals surface area contributed by atoms with Gasteiger partial charge in [0.1, 0.15) is 17.3 Å². The van der Waals surface area contributed by atoms with Crippen molar-refractivity contribution in [2.75, 3.05) is 0 Å². The summed E-state index contributed by atoms with van der Waals surface area (Å²) in [6, 6.07) is 3.25. The molecule has 2 rings (SSSR count). The fourth-order valence-electron chi connectivity index (χ4n) is 1.49. The van der Waals surface area contributed by atoms with Crippen molar-refractivity contribution < 1.29 is 8.78 Å². The van der Waals surface area contributed by atoms with Gasteiger partial charge in [-0.25, -0.2) is 13.5 Å². The molecule has 0 N–H and O–H groups in total. The molecule has 1 aromatic heterocycles. The van der Waals surface area contributed by atoms with Gasteiger partial charge < -0.3 is 0 Å². The van der Waals surface area contributed by atoms with E-state index in [0.29, 0.717) is 0 Å². The lowest BCUT2D eigenvalue weighted by atomic mass is 10.1. The Morgan fingerprint density at radius 3 is 2.82 bits per heavy atom. The van der Waals surface area contributed by atoms with E-state index in [-0.39, 0.29) is 11.6 Å². The number of rotatable bonds is 3. The fourth-order valence-corrected chi connectivity index (χ4v) is 1.49. The topological polar surface area (TPSA) is 30.7 Å². The summed E-state index contributed by atoms with van der Waals surface area (Å²) in [5.74, 6) is -0.769. The minimum Gasteiger partial charge on any atom is -0.217 e. The van der Waals surface area contributed by atoms with E-state index >= 15 is 0 Å². The first-order valence-electron chi connectivity index (χ1n) is 5.49. The van der Waals surface area contributed by atoms with Gasteiger partial charge in [0.25, 0.3) is 0 Å². The summed E-state index contributed by atoms with van der Waals surface area (Å²) < 4.78 is 27.8. The number of benzene rings is 1. The Labute approximate surface area is 98.1 Å². The van der Waals surface area contributed by atoms with Crippen LogP contribution in [0.5, 0.6) is 0 Å². The van der Waals surface area contributed by atoms with E-state index in [1.54, 1.807) is 6.20 Å². The molecule has 0 aliphatic carbocycles. The Bertz CT molecular complexity index is 522. The third-order valence-corrected chi connectivity index (χ3v) is 2.78. The van der Waals surface area contributed by atoms with Crippen LogP contribution in [0.25, 0.3) is 5.69 Å². The van der Waals surface area contributed by atoms with Crippen molar-refractivity contribution >= 4 is 0 Å². The van der Waals surface area contributed by atoms with E-state index in [0.717, 1.165) is 30.3 Å². The van der Waals surface area contributed by atoms with Crippen molar-refractivity contribution in [2.24, 2.45) is 0 Å². The number of nitrogens with zero attached hydrogens (tertiary/aromatic N) is 3. The fraction of sp³-hybridized carbons (Fsp3) is 0.333. The second-order valence-electron chi connectivity index (χ2n) is 3.99. The standard InChI is InChI=1S/C12H13F2N3/c1-3-8(2)11-7-17(16-15-11)12-6-9(13)4-5-10(12)14/h4-8H,3H2,1-2H3/t8-/m1/s1. The van der Waals surface area contributed by atoms with Crippen molar-refractivity contribution in [3.8, 4) is 5.69 Å². The van der Waals surface area contributed by atoms with Crippen LogP contribution in [0.15, 0.2) is 24.4 Å². The molecule has 0 amide bonds. The second kappa shape index (κ2) is 4.61. The van der Waals surface area contributed by atoms with Gasteiger partial charge >= 0.3 is 0 Å². The molecule has 5 heteroatoms. The highest BCUT2D eigenvalue weighted by atomic mass is 19.1. The summed E-state index contributed by atoms with van der Waals surface area (Å²) in [7, 11) is 0. The zero-order chi connectivity index (χ0) is 12.4. The third-order valence-electron chi connectivity index (χ3n) is 2.78. The summed E-state index contributed by atoms with van der Waals surface area (Å²) in [6.07, 6.45) is 2.55. The van der Waals surface area contributed by atoms with Crippen molar-refractivity contribution in [2.45, 2.75) is 26.2 Å². The van der Waals surface area contributed by atoms with Crippen LogP contribution >= 0.6 is 0 Å². The van der Waals surface area contributed by atoms with E-state index in [9.17, 15) is 8.78 Å². The molecule has 0 saturated heterocycles. The molecule has 0 saturated carbocycles. The molecule has 0 radical (unpaired) electrons. The monoisotopic (exact) mass is 237 g/mol. The maximum atomic E-state index is 13.5. The highest BCUT2D eigenvalue weighted by Crippen LogP contribution is 2.18. The molecule has 0 unspecified atom stereocenters. The molecule has 1 atom stereocenters. The molecule has 0 spiro atoms. The van der Waals surface area contributed by atoms with Gasteiger partial charge in [-0.2, -0.15) is 0 Å². The zero-order valence-corrected chi connectivity index (χ0v) is 9.69. The lowest BCUT2D eigenvalue weighted by Crippen LogP contribution is -1.99. The summed E-state index contributed by atoms with van der Waals surface area (Å²) >= 11 is 0. The lowest BCUT2D eigenvalue weighted by Gasteiger charge is -2.03.